The maximum absolute atomic E-state index is 11.0. The summed E-state index contributed by atoms with van der Waals surface area (Å²) in [5.74, 6) is -0.417. The Labute approximate surface area is 103 Å². The Morgan fingerprint density at radius 1 is 1.06 bits per heavy atom. The molecule has 0 aromatic rings. The number of nitrogens with two attached hydrogens (primary N) is 2. The van der Waals surface area contributed by atoms with Gasteiger partial charge in [0.25, 0.3) is 0 Å². The Morgan fingerprint density at radius 3 is 2.12 bits per heavy atom. The third-order valence-corrected chi connectivity index (χ3v) is 2.49. The summed E-state index contributed by atoms with van der Waals surface area (Å²) in [6.07, 6.45) is 4.10. The highest BCUT2D eigenvalue weighted by atomic mass is 16.5. The van der Waals surface area contributed by atoms with E-state index in [1.54, 1.807) is 0 Å². The molecule has 0 rings (SSSR count). The largest absolute Gasteiger partial charge is 0.368 e. The van der Waals surface area contributed by atoms with Crippen molar-refractivity contribution in [3.63, 3.8) is 0 Å². The van der Waals surface area contributed by atoms with E-state index in [0.717, 1.165) is 19.3 Å². The van der Waals surface area contributed by atoms with Gasteiger partial charge in [0.15, 0.2) is 0 Å². The molecule has 0 aliphatic rings. The Morgan fingerprint density at radius 2 is 1.65 bits per heavy atom. The number of hydrogen-bond acceptors (Lipinski definition) is 3. The minimum Gasteiger partial charge on any atom is -0.368 e. The molecule has 0 fully saturated rings. The standard InChI is InChI=1S/C12H24N2O3/c1-9(2)6-4-3-5-7-10(12(14)16)17-8-11(13)15/h9-10H,3-8H2,1-2H3,(H2,13,15)(H2,14,16). The van der Waals surface area contributed by atoms with Crippen molar-refractivity contribution in [1.29, 1.82) is 0 Å². The number of unbranched alkanes of at least 4 members (excludes halogenated alkanes) is 2. The van der Waals surface area contributed by atoms with Crippen LogP contribution in [0.5, 0.6) is 0 Å². The first-order valence-corrected chi connectivity index (χ1v) is 6.12. The second kappa shape index (κ2) is 8.98. The molecular formula is C12H24N2O3. The van der Waals surface area contributed by atoms with Crippen molar-refractivity contribution in [1.82, 2.24) is 0 Å². The number of carbonyl (C=O) groups is 2. The molecule has 0 saturated carbocycles. The van der Waals surface area contributed by atoms with Gasteiger partial charge in [0.1, 0.15) is 12.7 Å². The summed E-state index contributed by atoms with van der Waals surface area (Å²) in [5.41, 5.74) is 10.1. The van der Waals surface area contributed by atoms with E-state index in [4.69, 9.17) is 16.2 Å². The zero-order valence-electron chi connectivity index (χ0n) is 10.8. The van der Waals surface area contributed by atoms with Crippen LogP contribution in [-0.4, -0.2) is 24.5 Å². The van der Waals surface area contributed by atoms with E-state index in [1.807, 2.05) is 0 Å². The predicted octanol–water partition coefficient (Wildman–Crippen LogP) is 0.949. The van der Waals surface area contributed by atoms with Gasteiger partial charge in [-0.2, -0.15) is 0 Å². The molecule has 0 aromatic heterocycles. The molecule has 5 nitrogen and oxygen atoms in total. The van der Waals surface area contributed by atoms with E-state index in [-0.39, 0.29) is 6.61 Å². The zero-order chi connectivity index (χ0) is 13.3. The van der Waals surface area contributed by atoms with Gasteiger partial charge in [-0.05, 0) is 12.3 Å². The molecule has 0 spiro atoms. The smallest absolute Gasteiger partial charge is 0.246 e. The number of ether oxygens (including phenoxy) is 1. The van der Waals surface area contributed by atoms with Crippen LogP contribution in [-0.2, 0) is 14.3 Å². The van der Waals surface area contributed by atoms with E-state index in [1.165, 1.54) is 6.42 Å². The second-order valence-corrected chi connectivity index (χ2v) is 4.70. The lowest BCUT2D eigenvalue weighted by Crippen LogP contribution is -2.34. The van der Waals surface area contributed by atoms with Crippen LogP contribution in [0.4, 0.5) is 0 Å². The van der Waals surface area contributed by atoms with Crippen molar-refractivity contribution in [2.24, 2.45) is 17.4 Å². The summed E-state index contributed by atoms with van der Waals surface area (Å²) < 4.78 is 5.04. The van der Waals surface area contributed by atoms with Crippen molar-refractivity contribution in [3.8, 4) is 0 Å². The molecule has 100 valence electrons. The van der Waals surface area contributed by atoms with Crippen molar-refractivity contribution < 1.29 is 14.3 Å². The van der Waals surface area contributed by atoms with Gasteiger partial charge in [0.05, 0.1) is 0 Å². The molecule has 1 atom stereocenters. The van der Waals surface area contributed by atoms with E-state index >= 15 is 0 Å². The monoisotopic (exact) mass is 244 g/mol. The van der Waals surface area contributed by atoms with E-state index in [2.05, 4.69) is 13.8 Å². The minimum atomic E-state index is -0.693. The highest BCUT2D eigenvalue weighted by Gasteiger charge is 2.16. The van der Waals surface area contributed by atoms with Crippen LogP contribution in [0.1, 0.15) is 46.0 Å². The zero-order valence-corrected chi connectivity index (χ0v) is 10.8. The van der Waals surface area contributed by atoms with Gasteiger partial charge in [-0.1, -0.05) is 39.5 Å². The third-order valence-electron chi connectivity index (χ3n) is 2.49. The van der Waals surface area contributed by atoms with Gasteiger partial charge in [0, 0.05) is 0 Å². The molecule has 1 unspecified atom stereocenters. The summed E-state index contributed by atoms with van der Waals surface area (Å²) in [6, 6.07) is 0. The number of hydrogen-bond donors (Lipinski definition) is 2. The molecule has 5 heteroatoms. The SMILES string of the molecule is CC(C)CCCCCC(OCC(N)=O)C(N)=O. The van der Waals surface area contributed by atoms with Crippen molar-refractivity contribution in [2.75, 3.05) is 6.61 Å². The molecule has 0 aromatic carbocycles. The van der Waals surface area contributed by atoms with Gasteiger partial charge in [-0.15, -0.1) is 0 Å². The fourth-order valence-electron chi connectivity index (χ4n) is 1.55. The predicted molar refractivity (Wildman–Crippen MR) is 66.1 cm³/mol. The Hall–Kier alpha value is -1.10. The molecule has 0 heterocycles. The number of carbonyl (C=O) groups excluding carboxylic acids is 2. The minimum absolute atomic E-state index is 0.250. The lowest BCUT2D eigenvalue weighted by atomic mass is 10.0. The van der Waals surface area contributed by atoms with E-state index in [0.29, 0.717) is 12.3 Å². The van der Waals surface area contributed by atoms with Crippen LogP contribution < -0.4 is 11.5 Å². The van der Waals surface area contributed by atoms with Crippen LogP contribution in [0.3, 0.4) is 0 Å². The number of primary amides is 2. The van der Waals surface area contributed by atoms with E-state index in [9.17, 15) is 9.59 Å². The Kier molecular flexibility index (Phi) is 8.40. The first kappa shape index (κ1) is 15.9. The fourth-order valence-corrected chi connectivity index (χ4v) is 1.55. The van der Waals surface area contributed by atoms with Gasteiger partial charge in [-0.3, -0.25) is 9.59 Å². The van der Waals surface area contributed by atoms with Crippen LogP contribution in [0.25, 0.3) is 0 Å². The lowest BCUT2D eigenvalue weighted by Gasteiger charge is -2.13. The Bertz CT molecular complexity index is 242. The third kappa shape index (κ3) is 9.81. The summed E-state index contributed by atoms with van der Waals surface area (Å²) >= 11 is 0. The first-order chi connectivity index (χ1) is 7.93. The fraction of sp³-hybridized carbons (Fsp3) is 0.833. The molecule has 0 radical (unpaired) electrons. The topological polar surface area (TPSA) is 95.4 Å². The van der Waals surface area contributed by atoms with Crippen molar-refractivity contribution in [2.45, 2.75) is 52.1 Å². The van der Waals surface area contributed by atoms with Gasteiger partial charge >= 0.3 is 0 Å². The van der Waals surface area contributed by atoms with Gasteiger partial charge in [0.2, 0.25) is 11.8 Å². The number of amides is 2. The van der Waals surface area contributed by atoms with Crippen molar-refractivity contribution >= 4 is 11.8 Å². The summed E-state index contributed by atoms with van der Waals surface area (Å²) in [5, 5.41) is 0. The van der Waals surface area contributed by atoms with Crippen LogP contribution in [0.2, 0.25) is 0 Å². The summed E-state index contributed by atoms with van der Waals surface area (Å²) in [6.45, 7) is 4.12. The molecule has 17 heavy (non-hydrogen) atoms. The molecule has 0 aliphatic heterocycles. The first-order valence-electron chi connectivity index (χ1n) is 6.12. The molecule has 4 N–H and O–H groups in total. The van der Waals surface area contributed by atoms with Gasteiger partial charge in [-0.25, -0.2) is 0 Å². The lowest BCUT2D eigenvalue weighted by molar-refractivity contribution is -0.134. The normalized spacial score (nSPS) is 12.6. The summed E-state index contributed by atoms with van der Waals surface area (Å²) in [4.78, 5) is 21.6. The highest BCUT2D eigenvalue weighted by molar-refractivity contribution is 5.80. The van der Waals surface area contributed by atoms with Gasteiger partial charge < -0.3 is 16.2 Å². The maximum Gasteiger partial charge on any atom is 0.246 e. The average molecular weight is 244 g/mol. The average Bonchev–Trinajstić information content (AvgIpc) is 2.20. The molecular weight excluding hydrogens is 220 g/mol. The molecule has 0 bridgehead atoms. The summed E-state index contributed by atoms with van der Waals surface area (Å²) in [7, 11) is 0. The second-order valence-electron chi connectivity index (χ2n) is 4.70. The van der Waals surface area contributed by atoms with Crippen molar-refractivity contribution in [3.05, 3.63) is 0 Å². The van der Waals surface area contributed by atoms with Crippen LogP contribution >= 0.6 is 0 Å². The molecule has 0 saturated heterocycles. The highest BCUT2D eigenvalue weighted by Crippen LogP contribution is 2.11. The van der Waals surface area contributed by atoms with E-state index < -0.39 is 17.9 Å². The quantitative estimate of drug-likeness (QED) is 0.560. The molecule has 2 amide bonds. The maximum atomic E-state index is 11.0. The molecule has 0 aliphatic carbocycles. The van der Waals surface area contributed by atoms with Crippen LogP contribution in [0.15, 0.2) is 0 Å². The van der Waals surface area contributed by atoms with Crippen LogP contribution in [0, 0.1) is 5.92 Å². The number of rotatable bonds is 10. The Balaban J connectivity index is 3.70.